The predicted octanol–water partition coefficient (Wildman–Crippen LogP) is 7.08. The Labute approximate surface area is 215 Å². The highest BCUT2D eigenvalue weighted by Gasteiger charge is 2.40. The van der Waals surface area contributed by atoms with Gasteiger partial charge in [-0.25, -0.2) is 8.78 Å². The van der Waals surface area contributed by atoms with Crippen LogP contribution < -0.4 is 20.5 Å². The largest absolute Gasteiger partial charge is 0.487 e. The maximum atomic E-state index is 14.3. The second kappa shape index (κ2) is 9.90. The molecule has 0 bridgehead atoms. The van der Waals surface area contributed by atoms with Gasteiger partial charge in [0.15, 0.2) is 11.6 Å². The van der Waals surface area contributed by atoms with Gasteiger partial charge in [-0.2, -0.15) is 13.2 Å². The lowest BCUT2D eigenvalue weighted by Crippen LogP contribution is -2.43. The van der Waals surface area contributed by atoms with Crippen LogP contribution in [0.4, 0.5) is 27.6 Å². The molecular weight excluding hydrogens is 507 g/mol. The molecule has 10 heteroatoms. The first-order valence-electron chi connectivity index (χ1n) is 12.2. The van der Waals surface area contributed by atoms with Crippen LogP contribution in [0.1, 0.15) is 58.6 Å². The lowest BCUT2D eigenvalue weighted by Gasteiger charge is -2.32. The Kier molecular flexibility index (Phi) is 6.77. The summed E-state index contributed by atoms with van der Waals surface area (Å²) in [4.78, 5) is 13.3. The molecular formula is C28H25F5N2O3. The number of halogens is 5. The summed E-state index contributed by atoms with van der Waals surface area (Å²) in [6, 6.07) is 9.35. The molecule has 0 radical (unpaired) electrons. The highest BCUT2D eigenvalue weighted by molar-refractivity contribution is 6.06. The summed E-state index contributed by atoms with van der Waals surface area (Å²) in [7, 11) is 0. The Morgan fingerprint density at radius 2 is 1.71 bits per heavy atom. The van der Waals surface area contributed by atoms with E-state index in [-0.39, 0.29) is 52.1 Å². The normalized spacial score (nSPS) is 19.0. The third kappa shape index (κ3) is 5.60. The van der Waals surface area contributed by atoms with Crippen LogP contribution in [-0.2, 0) is 6.18 Å². The lowest BCUT2D eigenvalue weighted by atomic mass is 9.90. The van der Waals surface area contributed by atoms with Crippen molar-refractivity contribution in [2.45, 2.75) is 56.8 Å². The van der Waals surface area contributed by atoms with Crippen molar-refractivity contribution in [1.82, 2.24) is 0 Å². The monoisotopic (exact) mass is 532 g/mol. The fourth-order valence-corrected chi connectivity index (χ4v) is 4.43. The van der Waals surface area contributed by atoms with E-state index in [9.17, 15) is 26.7 Å². The van der Waals surface area contributed by atoms with Crippen LogP contribution in [0, 0.1) is 18.6 Å². The first-order valence-corrected chi connectivity index (χ1v) is 12.2. The Morgan fingerprint density at radius 1 is 0.974 bits per heavy atom. The molecule has 3 aromatic rings. The zero-order chi connectivity index (χ0) is 27.2. The number of benzene rings is 3. The number of aryl methyl sites for hydroxylation is 1. The van der Waals surface area contributed by atoms with E-state index in [1.807, 2.05) is 0 Å². The van der Waals surface area contributed by atoms with Gasteiger partial charge in [-0.15, -0.1) is 0 Å². The van der Waals surface area contributed by atoms with Crippen LogP contribution in [-0.4, -0.2) is 18.1 Å². The molecule has 5 rings (SSSR count). The van der Waals surface area contributed by atoms with Crippen LogP contribution >= 0.6 is 0 Å². The quantitative estimate of drug-likeness (QED) is 0.319. The summed E-state index contributed by atoms with van der Waals surface area (Å²) >= 11 is 0. The molecule has 2 aliphatic carbocycles. The molecule has 5 nitrogen and oxygen atoms in total. The van der Waals surface area contributed by atoms with Crippen LogP contribution in [0.2, 0.25) is 0 Å². The summed E-state index contributed by atoms with van der Waals surface area (Å²) in [5.74, 6) is -2.34. The fourth-order valence-electron chi connectivity index (χ4n) is 4.43. The van der Waals surface area contributed by atoms with Crippen LogP contribution in [0.5, 0.6) is 17.2 Å². The van der Waals surface area contributed by atoms with Crippen molar-refractivity contribution < 1.29 is 36.2 Å². The minimum Gasteiger partial charge on any atom is -0.487 e. The SMILES string of the molecule is Cc1cc(F)ccc1Oc1cc(C2CC2)c(C(F)(F)F)cc1C(=O)Nc1ccc(F)c(OC2CC(N)C2)c1. The van der Waals surface area contributed by atoms with Crippen LogP contribution in [0.15, 0.2) is 48.5 Å². The fraction of sp³-hybridized carbons (Fsp3) is 0.321. The average Bonchev–Trinajstić information content (AvgIpc) is 3.66. The van der Waals surface area contributed by atoms with Gasteiger partial charge in [0.1, 0.15) is 23.4 Å². The van der Waals surface area contributed by atoms with Gasteiger partial charge in [0.25, 0.3) is 5.91 Å². The summed E-state index contributed by atoms with van der Waals surface area (Å²) in [6.45, 7) is 1.58. The topological polar surface area (TPSA) is 73.6 Å². The highest BCUT2D eigenvalue weighted by atomic mass is 19.4. The van der Waals surface area contributed by atoms with E-state index in [4.69, 9.17) is 15.2 Å². The number of hydrogen-bond acceptors (Lipinski definition) is 4. The number of hydrogen-bond donors (Lipinski definition) is 2. The van der Waals surface area contributed by atoms with E-state index >= 15 is 0 Å². The van der Waals surface area contributed by atoms with E-state index in [2.05, 4.69) is 5.32 Å². The minimum atomic E-state index is -4.70. The minimum absolute atomic E-state index is 0.0180. The lowest BCUT2D eigenvalue weighted by molar-refractivity contribution is -0.138. The van der Waals surface area contributed by atoms with E-state index in [0.29, 0.717) is 31.2 Å². The maximum absolute atomic E-state index is 14.3. The van der Waals surface area contributed by atoms with Crippen LogP contribution in [0.25, 0.3) is 0 Å². The first-order chi connectivity index (χ1) is 18.0. The number of amides is 1. The molecule has 3 N–H and O–H groups in total. The smallest absolute Gasteiger partial charge is 0.416 e. The molecule has 0 unspecified atom stereocenters. The van der Waals surface area contributed by atoms with E-state index in [1.165, 1.54) is 30.3 Å². The Hall–Kier alpha value is -3.66. The molecule has 38 heavy (non-hydrogen) atoms. The number of nitrogens with one attached hydrogen (secondary N) is 1. The standard InChI is InChI=1S/C28H25F5N2O3/c1-14-8-16(29)4-7-24(14)38-25-13-20(15-2-3-15)22(28(31,32)33)12-21(25)27(36)35-18-5-6-23(30)26(11-18)37-19-9-17(34)10-19/h4-8,11-13,15,17,19H,2-3,9-10,34H2,1H3,(H,35,36). The highest BCUT2D eigenvalue weighted by Crippen LogP contribution is 2.48. The second-order valence-electron chi connectivity index (χ2n) is 9.79. The molecule has 0 spiro atoms. The zero-order valence-corrected chi connectivity index (χ0v) is 20.4. The molecule has 2 saturated carbocycles. The number of nitrogens with two attached hydrogens (primary N) is 1. The molecule has 0 aromatic heterocycles. The number of anilines is 1. The molecule has 200 valence electrons. The molecule has 1 amide bonds. The van der Waals surface area contributed by atoms with Crippen molar-refractivity contribution in [2.75, 3.05) is 5.32 Å². The number of rotatable bonds is 7. The van der Waals surface area contributed by atoms with Gasteiger partial charge >= 0.3 is 6.18 Å². The van der Waals surface area contributed by atoms with Gasteiger partial charge in [0.05, 0.1) is 11.1 Å². The Morgan fingerprint density at radius 3 is 2.34 bits per heavy atom. The predicted molar refractivity (Wildman–Crippen MR) is 131 cm³/mol. The van der Waals surface area contributed by atoms with E-state index in [0.717, 1.165) is 18.2 Å². The van der Waals surface area contributed by atoms with Crippen LogP contribution in [0.3, 0.4) is 0 Å². The molecule has 0 saturated heterocycles. The van der Waals surface area contributed by atoms with Crippen molar-refractivity contribution in [3.63, 3.8) is 0 Å². The zero-order valence-electron chi connectivity index (χ0n) is 20.4. The van der Waals surface area contributed by atoms with Gasteiger partial charge in [0.2, 0.25) is 0 Å². The summed E-state index contributed by atoms with van der Waals surface area (Å²) in [5.41, 5.74) is 5.02. The average molecular weight is 533 g/mol. The maximum Gasteiger partial charge on any atom is 0.416 e. The third-order valence-electron chi connectivity index (χ3n) is 6.69. The molecule has 0 atom stereocenters. The number of ether oxygens (including phenoxy) is 2. The van der Waals surface area contributed by atoms with Crippen molar-refractivity contribution in [3.05, 3.63) is 82.4 Å². The summed E-state index contributed by atoms with van der Waals surface area (Å²) in [5, 5.41) is 2.52. The van der Waals surface area contributed by atoms with Crippen molar-refractivity contribution in [1.29, 1.82) is 0 Å². The van der Waals surface area contributed by atoms with Crippen molar-refractivity contribution in [3.8, 4) is 17.2 Å². The Bertz CT molecular complexity index is 1380. The van der Waals surface area contributed by atoms with E-state index in [1.54, 1.807) is 6.92 Å². The number of alkyl halides is 3. The first kappa shape index (κ1) is 26.0. The van der Waals surface area contributed by atoms with Gasteiger partial charge in [-0.1, -0.05) is 0 Å². The van der Waals surface area contributed by atoms with Crippen molar-refractivity contribution >= 4 is 11.6 Å². The van der Waals surface area contributed by atoms with Crippen molar-refractivity contribution in [2.24, 2.45) is 5.73 Å². The van der Waals surface area contributed by atoms with E-state index < -0.39 is 29.3 Å². The number of carbonyl (C=O) groups excluding carboxylic acids is 1. The molecule has 2 aliphatic rings. The summed E-state index contributed by atoms with van der Waals surface area (Å²) < 4.78 is 81.3. The summed E-state index contributed by atoms with van der Waals surface area (Å²) in [6.07, 6.45) is -2.64. The molecule has 0 aliphatic heterocycles. The third-order valence-corrected chi connectivity index (χ3v) is 6.69. The van der Waals surface area contributed by atoms with Gasteiger partial charge in [-0.3, -0.25) is 4.79 Å². The molecule has 0 heterocycles. The van der Waals surface area contributed by atoms with Gasteiger partial charge in [0, 0.05) is 17.8 Å². The second-order valence-corrected chi connectivity index (χ2v) is 9.79. The molecule has 2 fully saturated rings. The van der Waals surface area contributed by atoms with Gasteiger partial charge < -0.3 is 20.5 Å². The number of carbonyl (C=O) groups is 1. The Balaban J connectivity index is 1.49. The molecule has 3 aromatic carbocycles. The van der Waals surface area contributed by atoms with Gasteiger partial charge in [-0.05, 0) is 92.1 Å².